The third kappa shape index (κ3) is 2.83. The van der Waals surface area contributed by atoms with Crippen molar-refractivity contribution in [3.63, 3.8) is 0 Å². The van der Waals surface area contributed by atoms with E-state index >= 15 is 0 Å². The summed E-state index contributed by atoms with van der Waals surface area (Å²) in [6.45, 7) is 7.78. The first-order valence-corrected chi connectivity index (χ1v) is 7.18. The van der Waals surface area contributed by atoms with Gasteiger partial charge in [0.2, 0.25) is 0 Å². The van der Waals surface area contributed by atoms with Crippen molar-refractivity contribution in [2.75, 3.05) is 6.54 Å². The first kappa shape index (κ1) is 11.6. The van der Waals surface area contributed by atoms with E-state index in [0.717, 1.165) is 11.8 Å². The minimum Gasteiger partial charge on any atom is -0.314 e. The average Bonchev–Trinajstić information content (AvgIpc) is 2.85. The van der Waals surface area contributed by atoms with Crippen LogP contribution in [0.2, 0.25) is 0 Å². The molecule has 0 aromatic carbocycles. The van der Waals surface area contributed by atoms with Gasteiger partial charge in [0.1, 0.15) is 0 Å². The first-order valence-electron chi connectivity index (χ1n) is 5.57. The van der Waals surface area contributed by atoms with Crippen LogP contribution < -0.4 is 5.32 Å². The van der Waals surface area contributed by atoms with Gasteiger partial charge in [-0.25, -0.2) is 0 Å². The van der Waals surface area contributed by atoms with E-state index in [9.17, 15) is 0 Å². The second-order valence-corrected chi connectivity index (χ2v) is 6.86. The summed E-state index contributed by atoms with van der Waals surface area (Å²) in [5.41, 5.74) is 0. The molecule has 0 spiro atoms. The third-order valence-corrected chi connectivity index (χ3v) is 5.22. The second kappa shape index (κ2) is 4.56. The van der Waals surface area contributed by atoms with Crippen LogP contribution in [-0.2, 0) is 0 Å². The molecule has 2 rings (SSSR count). The number of hydrogen-bond donors (Lipinski definition) is 1. The van der Waals surface area contributed by atoms with Crippen molar-refractivity contribution in [2.45, 2.75) is 39.2 Å². The highest BCUT2D eigenvalue weighted by Crippen LogP contribution is 2.50. The van der Waals surface area contributed by atoms with E-state index < -0.39 is 0 Å². The largest absolute Gasteiger partial charge is 0.314 e. The van der Waals surface area contributed by atoms with Crippen molar-refractivity contribution in [2.24, 2.45) is 5.92 Å². The summed E-state index contributed by atoms with van der Waals surface area (Å²) in [7, 11) is 0. The van der Waals surface area contributed by atoms with Crippen LogP contribution >= 0.6 is 27.3 Å². The van der Waals surface area contributed by atoms with E-state index in [-0.39, 0.29) is 0 Å². The molecule has 1 aromatic heterocycles. The first-order chi connectivity index (χ1) is 7.08. The number of nitrogens with one attached hydrogen (secondary N) is 1. The number of halogens is 1. The molecule has 1 heterocycles. The van der Waals surface area contributed by atoms with E-state index in [1.54, 1.807) is 4.88 Å². The van der Waals surface area contributed by atoms with Crippen LogP contribution in [0, 0.1) is 12.8 Å². The molecule has 1 aromatic rings. The highest BCUT2D eigenvalue weighted by atomic mass is 79.9. The maximum atomic E-state index is 3.59. The lowest BCUT2D eigenvalue weighted by Crippen LogP contribution is -2.25. The monoisotopic (exact) mass is 287 g/mol. The van der Waals surface area contributed by atoms with Crippen molar-refractivity contribution in [3.05, 3.63) is 20.3 Å². The van der Waals surface area contributed by atoms with Crippen LogP contribution in [-0.4, -0.2) is 12.6 Å². The molecule has 0 bridgehead atoms. The van der Waals surface area contributed by atoms with Crippen molar-refractivity contribution in [1.29, 1.82) is 0 Å². The summed E-state index contributed by atoms with van der Waals surface area (Å²) in [6, 6.07) is 2.92. The maximum Gasteiger partial charge on any atom is 0.0314 e. The van der Waals surface area contributed by atoms with Gasteiger partial charge in [-0.15, -0.1) is 11.3 Å². The van der Waals surface area contributed by atoms with Gasteiger partial charge in [0.25, 0.3) is 0 Å². The lowest BCUT2D eigenvalue weighted by Gasteiger charge is -2.06. The van der Waals surface area contributed by atoms with E-state index in [1.807, 2.05) is 11.3 Å². The van der Waals surface area contributed by atoms with Crippen LogP contribution in [0.5, 0.6) is 0 Å². The Labute approximate surface area is 104 Å². The molecule has 1 aliphatic rings. The highest BCUT2D eigenvalue weighted by molar-refractivity contribution is 9.10. The van der Waals surface area contributed by atoms with Crippen LogP contribution in [0.3, 0.4) is 0 Å². The number of thiophene rings is 1. The Morgan fingerprint density at radius 1 is 1.60 bits per heavy atom. The molecule has 1 saturated carbocycles. The molecule has 2 atom stereocenters. The van der Waals surface area contributed by atoms with Crippen molar-refractivity contribution in [3.8, 4) is 0 Å². The zero-order valence-electron chi connectivity index (χ0n) is 9.51. The molecule has 0 radical (unpaired) electrons. The average molecular weight is 288 g/mol. The van der Waals surface area contributed by atoms with E-state index in [1.165, 1.54) is 22.3 Å². The minimum absolute atomic E-state index is 0.614. The van der Waals surface area contributed by atoms with Crippen LogP contribution in [0.15, 0.2) is 10.5 Å². The summed E-state index contributed by atoms with van der Waals surface area (Å²) < 4.78 is 1.28. The summed E-state index contributed by atoms with van der Waals surface area (Å²) in [5, 5.41) is 3.52. The molecule has 0 saturated heterocycles. The number of rotatable bonds is 4. The van der Waals surface area contributed by atoms with Crippen LogP contribution in [0.25, 0.3) is 0 Å². The van der Waals surface area contributed by atoms with Gasteiger partial charge < -0.3 is 5.32 Å². The topological polar surface area (TPSA) is 12.0 Å². The summed E-state index contributed by atoms with van der Waals surface area (Å²) in [5.74, 6) is 1.70. The van der Waals surface area contributed by atoms with E-state index in [0.29, 0.717) is 6.04 Å². The van der Waals surface area contributed by atoms with E-state index in [4.69, 9.17) is 0 Å². The Bertz CT molecular complexity index is 326. The maximum absolute atomic E-state index is 3.59. The lowest BCUT2D eigenvalue weighted by atomic mass is 10.2. The quantitative estimate of drug-likeness (QED) is 0.885. The molecule has 0 aliphatic heterocycles. The lowest BCUT2D eigenvalue weighted by molar-refractivity contribution is 0.555. The van der Waals surface area contributed by atoms with Crippen molar-refractivity contribution < 1.29 is 0 Å². The van der Waals surface area contributed by atoms with Crippen molar-refractivity contribution >= 4 is 27.3 Å². The number of hydrogen-bond acceptors (Lipinski definition) is 2. The fourth-order valence-electron chi connectivity index (χ4n) is 1.87. The SMILES string of the molecule is Cc1sc(C2CC2CNC(C)C)cc1Br. The second-order valence-electron chi connectivity index (χ2n) is 4.72. The van der Waals surface area contributed by atoms with Crippen molar-refractivity contribution in [1.82, 2.24) is 5.32 Å². The van der Waals surface area contributed by atoms with Gasteiger partial charge in [0, 0.05) is 20.3 Å². The molecule has 1 aliphatic carbocycles. The summed E-state index contributed by atoms with van der Waals surface area (Å²) in [4.78, 5) is 2.97. The minimum atomic E-state index is 0.614. The predicted molar refractivity (Wildman–Crippen MR) is 70.7 cm³/mol. The van der Waals surface area contributed by atoms with Gasteiger partial charge in [-0.05, 0) is 53.7 Å². The fraction of sp³-hybridized carbons (Fsp3) is 0.667. The molecule has 3 heteroatoms. The molecule has 1 N–H and O–H groups in total. The number of aryl methyl sites for hydroxylation is 1. The molecule has 1 fully saturated rings. The summed E-state index contributed by atoms with van der Waals surface area (Å²) in [6.07, 6.45) is 1.37. The van der Waals surface area contributed by atoms with Crippen LogP contribution in [0.1, 0.15) is 35.9 Å². The zero-order valence-corrected chi connectivity index (χ0v) is 11.9. The molecule has 15 heavy (non-hydrogen) atoms. The molecule has 0 amide bonds. The highest BCUT2D eigenvalue weighted by Gasteiger charge is 2.39. The standard InChI is InChI=1S/C12H18BrNS/c1-7(2)14-6-9-4-10(9)12-5-11(13)8(3)15-12/h5,7,9-10,14H,4,6H2,1-3H3. The van der Waals surface area contributed by atoms with Crippen LogP contribution in [0.4, 0.5) is 0 Å². The molecule has 2 unspecified atom stereocenters. The normalized spacial score (nSPS) is 24.9. The molecule has 1 nitrogen and oxygen atoms in total. The fourth-order valence-corrected chi connectivity index (χ4v) is 3.64. The van der Waals surface area contributed by atoms with Gasteiger partial charge >= 0.3 is 0 Å². The summed E-state index contributed by atoms with van der Waals surface area (Å²) >= 11 is 5.54. The van der Waals surface area contributed by atoms with Gasteiger partial charge in [-0.2, -0.15) is 0 Å². The third-order valence-electron chi connectivity index (χ3n) is 2.95. The Hall–Kier alpha value is 0.140. The Morgan fingerprint density at radius 3 is 2.87 bits per heavy atom. The smallest absolute Gasteiger partial charge is 0.0314 e. The van der Waals surface area contributed by atoms with E-state index in [2.05, 4.69) is 48.1 Å². The van der Waals surface area contributed by atoms with Gasteiger partial charge in [-0.3, -0.25) is 0 Å². The predicted octanol–water partition coefficient (Wildman–Crippen LogP) is 3.92. The van der Waals surface area contributed by atoms with Gasteiger partial charge in [-0.1, -0.05) is 13.8 Å². The Morgan fingerprint density at radius 2 is 2.33 bits per heavy atom. The molecular formula is C12H18BrNS. The van der Waals surface area contributed by atoms with Gasteiger partial charge in [0.05, 0.1) is 0 Å². The van der Waals surface area contributed by atoms with Gasteiger partial charge in [0.15, 0.2) is 0 Å². The Kier molecular flexibility index (Phi) is 3.53. The zero-order chi connectivity index (χ0) is 11.0. The molecule has 84 valence electrons. The molecular weight excluding hydrogens is 270 g/mol. The Balaban J connectivity index is 1.88.